The molecular weight excluding hydrogens is 374 g/mol. The molecule has 0 aliphatic heterocycles. The molecule has 2 N–H and O–H groups in total. The summed E-state index contributed by atoms with van der Waals surface area (Å²) >= 11 is 0. The maximum Gasteiger partial charge on any atom is 0.273 e. The predicted octanol–water partition coefficient (Wildman–Crippen LogP) is 4.75. The molecule has 0 bridgehead atoms. The van der Waals surface area contributed by atoms with Crippen molar-refractivity contribution in [3.8, 4) is 17.2 Å². The number of nitro groups is 1. The Labute approximate surface area is 169 Å². The van der Waals surface area contributed by atoms with Gasteiger partial charge in [0, 0.05) is 18.2 Å². The average molecular weight is 397 g/mol. The first-order valence-electron chi connectivity index (χ1n) is 8.64. The van der Waals surface area contributed by atoms with E-state index in [1.165, 1.54) is 19.2 Å². The molecule has 3 aromatic carbocycles. The lowest BCUT2D eigenvalue weighted by Crippen LogP contribution is -2.08. The molecule has 0 aliphatic rings. The molecule has 0 saturated heterocycles. The lowest BCUT2D eigenvalue weighted by atomic mass is 10.3. The molecule has 0 aliphatic carbocycles. The van der Waals surface area contributed by atoms with Crippen molar-refractivity contribution < 1.29 is 19.1 Å². The second kappa shape index (κ2) is 11.0. The predicted molar refractivity (Wildman–Crippen MR) is 113 cm³/mol. The molecule has 0 spiro atoms. The minimum Gasteiger partial charge on any atom is -0.497 e. The third-order valence-electron chi connectivity index (χ3n) is 3.75. The van der Waals surface area contributed by atoms with Crippen molar-refractivity contribution in [3.63, 3.8) is 0 Å². The Hall–Kier alpha value is -3.94. The molecule has 0 atom stereocenters. The van der Waals surface area contributed by atoms with Gasteiger partial charge in [-0.25, -0.2) is 0 Å². The highest BCUT2D eigenvalue weighted by Gasteiger charge is 2.04. The van der Waals surface area contributed by atoms with Gasteiger partial charge in [0.2, 0.25) is 0 Å². The van der Waals surface area contributed by atoms with E-state index in [1.807, 2.05) is 48.5 Å². The van der Waals surface area contributed by atoms with Gasteiger partial charge in [0.1, 0.15) is 17.2 Å². The van der Waals surface area contributed by atoms with Gasteiger partial charge < -0.3 is 25.1 Å². The summed E-state index contributed by atoms with van der Waals surface area (Å²) in [5.74, 6) is 2.12. The van der Waals surface area contributed by atoms with E-state index in [1.54, 1.807) is 26.4 Å². The fraction of sp³-hybridized carbons (Fsp3) is 0.143. The van der Waals surface area contributed by atoms with E-state index in [0.717, 1.165) is 22.9 Å². The number of hydrogen-bond acceptors (Lipinski definition) is 7. The molecule has 0 unspecified atom stereocenters. The Balaban J connectivity index is 0.000000234. The summed E-state index contributed by atoms with van der Waals surface area (Å²) in [6, 6.07) is 21.4. The van der Waals surface area contributed by atoms with Gasteiger partial charge in [-0.1, -0.05) is 18.2 Å². The molecule has 0 saturated carbocycles. The van der Waals surface area contributed by atoms with Crippen LogP contribution in [0.15, 0.2) is 72.8 Å². The maximum absolute atomic E-state index is 10.2. The normalized spacial score (nSPS) is 9.48. The number of benzene rings is 3. The Bertz CT molecular complexity index is 886. The zero-order valence-electron chi connectivity index (χ0n) is 16.4. The first-order valence-corrected chi connectivity index (χ1v) is 8.64. The molecular formula is C21H23N3O5. The zero-order valence-corrected chi connectivity index (χ0v) is 16.4. The van der Waals surface area contributed by atoms with Crippen LogP contribution >= 0.6 is 0 Å². The summed E-state index contributed by atoms with van der Waals surface area (Å²) in [5.41, 5.74) is 8.10. The van der Waals surface area contributed by atoms with Gasteiger partial charge in [0.15, 0.2) is 0 Å². The highest BCUT2D eigenvalue weighted by Crippen LogP contribution is 2.20. The van der Waals surface area contributed by atoms with Gasteiger partial charge in [-0.15, -0.1) is 0 Å². The second-order valence-electron chi connectivity index (χ2n) is 5.67. The molecule has 3 aromatic rings. The number of nitrogens with one attached hydrogen (secondary N) is 2. The number of hydrazine groups is 1. The topological polar surface area (TPSA) is 94.9 Å². The third kappa shape index (κ3) is 6.94. The highest BCUT2D eigenvalue weighted by atomic mass is 16.6. The Morgan fingerprint density at radius 2 is 1.10 bits per heavy atom. The van der Waals surface area contributed by atoms with Crippen molar-refractivity contribution >= 4 is 17.1 Å². The number of ether oxygens (including phenoxy) is 3. The molecule has 0 amide bonds. The van der Waals surface area contributed by atoms with E-state index >= 15 is 0 Å². The van der Waals surface area contributed by atoms with E-state index in [4.69, 9.17) is 14.2 Å². The van der Waals surface area contributed by atoms with E-state index < -0.39 is 4.92 Å². The van der Waals surface area contributed by atoms with Crippen LogP contribution in [-0.2, 0) is 0 Å². The number of anilines is 2. The van der Waals surface area contributed by atoms with Gasteiger partial charge in [0.25, 0.3) is 5.69 Å². The maximum atomic E-state index is 10.2. The number of nitrogens with zero attached hydrogens (tertiary/aromatic N) is 1. The molecule has 0 fully saturated rings. The monoisotopic (exact) mass is 397 g/mol. The highest BCUT2D eigenvalue weighted by molar-refractivity contribution is 5.56. The van der Waals surface area contributed by atoms with Gasteiger partial charge >= 0.3 is 0 Å². The summed E-state index contributed by atoms with van der Waals surface area (Å²) in [5, 5.41) is 10.2. The largest absolute Gasteiger partial charge is 0.497 e. The lowest BCUT2D eigenvalue weighted by molar-refractivity contribution is -0.384. The van der Waals surface area contributed by atoms with E-state index in [0.29, 0.717) is 5.75 Å². The van der Waals surface area contributed by atoms with Crippen LogP contribution in [0.3, 0.4) is 0 Å². The number of methoxy groups -OCH3 is 3. The molecule has 0 heterocycles. The van der Waals surface area contributed by atoms with Crippen molar-refractivity contribution in [3.05, 3.63) is 82.9 Å². The van der Waals surface area contributed by atoms with Crippen molar-refractivity contribution in [1.29, 1.82) is 0 Å². The first kappa shape index (κ1) is 21.4. The van der Waals surface area contributed by atoms with E-state index in [2.05, 4.69) is 10.9 Å². The second-order valence-corrected chi connectivity index (χ2v) is 5.67. The number of hydrogen-bond donors (Lipinski definition) is 2. The van der Waals surface area contributed by atoms with Crippen LogP contribution < -0.4 is 25.1 Å². The summed E-state index contributed by atoms with van der Waals surface area (Å²) in [4.78, 5) is 9.76. The van der Waals surface area contributed by atoms with Crippen LogP contribution in [0.1, 0.15) is 0 Å². The van der Waals surface area contributed by atoms with Crippen LogP contribution in [0.5, 0.6) is 17.2 Å². The van der Waals surface area contributed by atoms with E-state index in [-0.39, 0.29) is 5.69 Å². The van der Waals surface area contributed by atoms with Crippen LogP contribution in [0, 0.1) is 10.1 Å². The van der Waals surface area contributed by atoms with Gasteiger partial charge in [-0.3, -0.25) is 10.1 Å². The van der Waals surface area contributed by atoms with Crippen molar-refractivity contribution in [2.24, 2.45) is 0 Å². The summed E-state index contributed by atoms with van der Waals surface area (Å²) in [7, 11) is 4.77. The van der Waals surface area contributed by atoms with Gasteiger partial charge in [-0.2, -0.15) is 0 Å². The van der Waals surface area contributed by atoms with Crippen molar-refractivity contribution in [2.45, 2.75) is 0 Å². The average Bonchev–Trinajstić information content (AvgIpc) is 2.78. The molecule has 8 heteroatoms. The van der Waals surface area contributed by atoms with Crippen molar-refractivity contribution in [1.82, 2.24) is 0 Å². The quantitative estimate of drug-likeness (QED) is 0.439. The SMILES string of the molecule is COc1cccc(NNc2cccc(OC)c2)c1.COc1cccc([N+](=O)[O-])c1. The number of non-ortho nitro benzene ring substituents is 1. The summed E-state index contributed by atoms with van der Waals surface area (Å²) in [6.07, 6.45) is 0. The number of rotatable bonds is 7. The summed E-state index contributed by atoms with van der Waals surface area (Å²) in [6.45, 7) is 0. The minimum atomic E-state index is -0.456. The Morgan fingerprint density at radius 1 is 0.690 bits per heavy atom. The standard InChI is InChI=1S/C14H16N2O2.C7H7NO3/c1-17-13-7-3-5-11(9-13)15-16-12-6-4-8-14(10-12)18-2;1-11-7-4-2-3-6(5-7)8(9)10/h3-10,15-16H,1-2H3;2-5H,1H3. The van der Waals surface area contributed by atoms with Crippen LogP contribution in [0.2, 0.25) is 0 Å². The molecule has 0 radical (unpaired) electrons. The van der Waals surface area contributed by atoms with Crippen LogP contribution in [-0.4, -0.2) is 26.3 Å². The Kier molecular flexibility index (Phi) is 8.12. The molecule has 8 nitrogen and oxygen atoms in total. The zero-order chi connectivity index (χ0) is 21.1. The van der Waals surface area contributed by atoms with Crippen LogP contribution in [0.4, 0.5) is 17.1 Å². The molecule has 3 rings (SSSR count). The lowest BCUT2D eigenvalue weighted by Gasteiger charge is -2.11. The fourth-order valence-corrected chi connectivity index (χ4v) is 2.27. The minimum absolute atomic E-state index is 0.0457. The molecule has 0 aromatic heterocycles. The fourth-order valence-electron chi connectivity index (χ4n) is 2.27. The van der Waals surface area contributed by atoms with Gasteiger partial charge in [-0.05, 0) is 30.3 Å². The Morgan fingerprint density at radius 3 is 1.52 bits per heavy atom. The molecule has 29 heavy (non-hydrogen) atoms. The summed E-state index contributed by atoms with van der Waals surface area (Å²) < 4.78 is 15.1. The number of nitro benzene ring substituents is 1. The smallest absolute Gasteiger partial charge is 0.273 e. The molecule has 152 valence electrons. The van der Waals surface area contributed by atoms with Crippen LogP contribution in [0.25, 0.3) is 0 Å². The van der Waals surface area contributed by atoms with Crippen molar-refractivity contribution in [2.75, 3.05) is 32.2 Å². The first-order chi connectivity index (χ1) is 14.0. The van der Waals surface area contributed by atoms with Gasteiger partial charge in [0.05, 0.1) is 43.7 Å². The van der Waals surface area contributed by atoms with E-state index in [9.17, 15) is 10.1 Å². The third-order valence-corrected chi connectivity index (χ3v) is 3.75.